The van der Waals surface area contributed by atoms with Gasteiger partial charge in [-0.05, 0) is 147 Å². The minimum Gasteiger partial charge on any atom is -0.508 e. The zero-order valence-corrected chi connectivity index (χ0v) is 25.7. The van der Waals surface area contributed by atoms with E-state index in [1.54, 1.807) is 34.8 Å². The predicted molar refractivity (Wildman–Crippen MR) is 189 cm³/mol. The third kappa shape index (κ3) is 3.86. The summed E-state index contributed by atoms with van der Waals surface area (Å²) in [6.07, 6.45) is 0. The van der Waals surface area contributed by atoms with Crippen LogP contribution < -0.4 is 0 Å². The van der Waals surface area contributed by atoms with E-state index in [4.69, 9.17) is 0 Å². The SMILES string of the molecule is Oc1ccc2cc(C3(c4ccc5cc(O)ccc5c4)c4c(-c5ccsc5)cccc4-c4cccc(-c5ccsc5)c43)ccc2c1. The lowest BCUT2D eigenvalue weighted by Crippen LogP contribution is -2.30. The molecule has 45 heavy (non-hydrogen) atoms. The zero-order chi connectivity index (χ0) is 30.1. The normalized spacial score (nSPS) is 13.2. The van der Waals surface area contributed by atoms with Crippen molar-refractivity contribution < 1.29 is 10.2 Å². The lowest BCUT2D eigenvalue weighted by atomic mass is 9.64. The number of rotatable bonds is 4. The molecule has 1 aliphatic rings. The van der Waals surface area contributed by atoms with Gasteiger partial charge in [0.15, 0.2) is 0 Å². The van der Waals surface area contributed by atoms with E-state index in [0.29, 0.717) is 0 Å². The van der Waals surface area contributed by atoms with E-state index < -0.39 is 5.41 Å². The van der Waals surface area contributed by atoms with Crippen LogP contribution in [0, 0.1) is 0 Å². The molecule has 0 bridgehead atoms. The quantitative estimate of drug-likeness (QED) is 0.207. The second kappa shape index (κ2) is 9.93. The van der Waals surface area contributed by atoms with Crippen molar-refractivity contribution in [3.05, 3.63) is 165 Å². The molecular weight excluding hydrogens is 589 g/mol. The number of aromatic hydroxyl groups is 2. The van der Waals surface area contributed by atoms with Crippen molar-refractivity contribution in [2.75, 3.05) is 0 Å². The summed E-state index contributed by atoms with van der Waals surface area (Å²) < 4.78 is 0. The van der Waals surface area contributed by atoms with Gasteiger partial charge in [0.1, 0.15) is 11.5 Å². The van der Waals surface area contributed by atoms with Crippen molar-refractivity contribution in [2.24, 2.45) is 0 Å². The van der Waals surface area contributed by atoms with Crippen LogP contribution in [0.15, 0.2) is 143 Å². The van der Waals surface area contributed by atoms with Crippen LogP contribution in [-0.4, -0.2) is 10.2 Å². The van der Waals surface area contributed by atoms with Crippen molar-refractivity contribution in [1.82, 2.24) is 0 Å². The van der Waals surface area contributed by atoms with Crippen LogP contribution in [-0.2, 0) is 5.41 Å². The molecule has 8 aromatic rings. The van der Waals surface area contributed by atoms with E-state index in [-0.39, 0.29) is 11.5 Å². The maximum absolute atomic E-state index is 10.3. The van der Waals surface area contributed by atoms with Gasteiger partial charge in [-0.2, -0.15) is 22.7 Å². The summed E-state index contributed by atoms with van der Waals surface area (Å²) in [4.78, 5) is 0. The number of benzene rings is 6. The number of hydrogen-bond acceptors (Lipinski definition) is 4. The molecule has 0 saturated carbocycles. The van der Waals surface area contributed by atoms with Crippen LogP contribution >= 0.6 is 22.7 Å². The number of hydrogen-bond donors (Lipinski definition) is 2. The molecular formula is C41H26O2S2. The van der Waals surface area contributed by atoms with Crippen LogP contribution in [0.2, 0.25) is 0 Å². The Morgan fingerprint density at radius 2 is 0.844 bits per heavy atom. The maximum Gasteiger partial charge on any atom is 0.116 e. The highest BCUT2D eigenvalue weighted by molar-refractivity contribution is 7.08. The molecule has 0 aliphatic heterocycles. The van der Waals surface area contributed by atoms with Gasteiger partial charge in [-0.3, -0.25) is 0 Å². The Morgan fingerprint density at radius 1 is 0.422 bits per heavy atom. The van der Waals surface area contributed by atoms with Gasteiger partial charge < -0.3 is 10.2 Å². The maximum atomic E-state index is 10.3. The largest absolute Gasteiger partial charge is 0.508 e. The highest BCUT2D eigenvalue weighted by atomic mass is 32.1. The Labute approximate surface area is 268 Å². The summed E-state index contributed by atoms with van der Waals surface area (Å²) >= 11 is 3.43. The molecule has 6 aromatic carbocycles. The van der Waals surface area contributed by atoms with Crippen LogP contribution in [0.1, 0.15) is 22.3 Å². The number of phenols is 2. The highest BCUT2D eigenvalue weighted by Gasteiger charge is 2.49. The van der Waals surface area contributed by atoms with Crippen molar-refractivity contribution in [3.63, 3.8) is 0 Å². The number of thiophene rings is 2. The van der Waals surface area contributed by atoms with E-state index in [1.807, 2.05) is 24.3 Å². The predicted octanol–water partition coefficient (Wildman–Crippen LogP) is 11.2. The average Bonchev–Trinajstić information content (AvgIpc) is 3.85. The van der Waals surface area contributed by atoms with Gasteiger partial charge in [0.2, 0.25) is 0 Å². The molecule has 2 nitrogen and oxygen atoms in total. The second-order valence-corrected chi connectivity index (χ2v) is 13.3. The Morgan fingerprint density at radius 3 is 1.29 bits per heavy atom. The highest BCUT2D eigenvalue weighted by Crippen LogP contribution is 2.61. The summed E-state index contributed by atoms with van der Waals surface area (Å²) in [6, 6.07) is 42.5. The molecule has 2 heterocycles. The standard InChI is InChI=1S/C41H26O2S2/c42-33-13-9-25-19-31(11-7-27(25)21-33)41(32-12-8-28-22-34(43)14-10-26(28)20-32)39-35(29-15-17-44-23-29)3-1-5-37(39)38-6-2-4-36(40(38)41)30-16-18-45-24-30/h1-24,42-43H. The van der Waals surface area contributed by atoms with Crippen LogP contribution in [0.5, 0.6) is 11.5 Å². The molecule has 0 amide bonds. The lowest BCUT2D eigenvalue weighted by molar-refractivity contribution is 0.475. The van der Waals surface area contributed by atoms with E-state index in [9.17, 15) is 10.2 Å². The Bertz CT molecular complexity index is 2230. The van der Waals surface area contributed by atoms with Gasteiger partial charge in [-0.25, -0.2) is 0 Å². The fraction of sp³-hybridized carbons (Fsp3) is 0.0244. The van der Waals surface area contributed by atoms with Crippen molar-refractivity contribution in [1.29, 1.82) is 0 Å². The first-order valence-corrected chi connectivity index (χ1v) is 16.8. The van der Waals surface area contributed by atoms with E-state index in [2.05, 4.69) is 106 Å². The Hall–Kier alpha value is -5.16. The molecule has 214 valence electrons. The monoisotopic (exact) mass is 614 g/mol. The number of phenolic OH excluding ortho intramolecular Hbond substituents is 2. The van der Waals surface area contributed by atoms with E-state index in [1.165, 1.54) is 55.6 Å². The molecule has 0 fully saturated rings. The molecule has 0 radical (unpaired) electrons. The first-order valence-electron chi connectivity index (χ1n) is 14.9. The minimum absolute atomic E-state index is 0.263. The summed E-state index contributed by atoms with van der Waals surface area (Å²) in [5, 5.41) is 33.5. The molecule has 2 N–H and O–H groups in total. The van der Waals surface area contributed by atoms with Crippen LogP contribution in [0.4, 0.5) is 0 Å². The van der Waals surface area contributed by atoms with Crippen molar-refractivity contribution in [2.45, 2.75) is 5.41 Å². The van der Waals surface area contributed by atoms with Gasteiger partial charge in [0.25, 0.3) is 0 Å². The second-order valence-electron chi connectivity index (χ2n) is 11.7. The zero-order valence-electron chi connectivity index (χ0n) is 24.1. The molecule has 9 rings (SSSR count). The summed E-state index contributed by atoms with van der Waals surface area (Å²) in [6.45, 7) is 0. The average molecular weight is 615 g/mol. The summed E-state index contributed by atoms with van der Waals surface area (Å²) in [7, 11) is 0. The fourth-order valence-corrected chi connectivity index (χ4v) is 8.79. The fourth-order valence-electron chi connectivity index (χ4n) is 7.48. The molecule has 0 atom stereocenters. The minimum atomic E-state index is -0.667. The molecule has 0 saturated heterocycles. The molecule has 2 aromatic heterocycles. The van der Waals surface area contributed by atoms with Gasteiger partial charge in [-0.15, -0.1) is 0 Å². The number of fused-ring (bicyclic) bond motifs is 5. The van der Waals surface area contributed by atoms with Crippen molar-refractivity contribution in [3.8, 4) is 44.9 Å². The third-order valence-electron chi connectivity index (χ3n) is 9.35. The Kier molecular flexibility index (Phi) is 5.79. The first-order chi connectivity index (χ1) is 22.1. The first kappa shape index (κ1) is 26.3. The van der Waals surface area contributed by atoms with Crippen molar-refractivity contribution >= 4 is 44.2 Å². The molecule has 0 spiro atoms. The van der Waals surface area contributed by atoms with E-state index in [0.717, 1.165) is 21.5 Å². The summed E-state index contributed by atoms with van der Waals surface area (Å²) in [5.74, 6) is 0.526. The van der Waals surface area contributed by atoms with Gasteiger partial charge in [-0.1, -0.05) is 72.8 Å². The van der Waals surface area contributed by atoms with E-state index >= 15 is 0 Å². The van der Waals surface area contributed by atoms with Gasteiger partial charge >= 0.3 is 0 Å². The van der Waals surface area contributed by atoms with Crippen LogP contribution in [0.25, 0.3) is 54.9 Å². The third-order valence-corrected chi connectivity index (χ3v) is 10.7. The molecule has 1 aliphatic carbocycles. The molecule has 4 heteroatoms. The molecule has 0 unspecified atom stereocenters. The van der Waals surface area contributed by atoms with Gasteiger partial charge in [0.05, 0.1) is 5.41 Å². The smallest absolute Gasteiger partial charge is 0.116 e. The van der Waals surface area contributed by atoms with Crippen LogP contribution in [0.3, 0.4) is 0 Å². The van der Waals surface area contributed by atoms with Gasteiger partial charge in [0, 0.05) is 0 Å². The Balaban J connectivity index is 1.50. The summed E-state index contributed by atoms with van der Waals surface area (Å²) in [5.41, 5.74) is 11.6. The topological polar surface area (TPSA) is 40.5 Å². The lowest BCUT2D eigenvalue weighted by Gasteiger charge is -2.37.